The number of carbonyl (C=O) groups excluding carboxylic acids is 1. The van der Waals surface area contributed by atoms with Crippen LogP contribution in [0.15, 0.2) is 68.9 Å². The maximum atomic E-state index is 12.8. The van der Waals surface area contributed by atoms with Crippen molar-refractivity contribution in [1.29, 1.82) is 0 Å². The lowest BCUT2D eigenvalue weighted by Crippen LogP contribution is -2.15. The number of carbonyl (C=O) groups is 1. The summed E-state index contributed by atoms with van der Waals surface area (Å²) in [6.45, 7) is 0. The third-order valence-electron chi connectivity index (χ3n) is 4.30. The Morgan fingerprint density at radius 3 is 2.55 bits per heavy atom. The predicted molar refractivity (Wildman–Crippen MR) is 123 cm³/mol. The fraction of sp³-hybridized carbons (Fsp3) is 0.150. The van der Waals surface area contributed by atoms with Gasteiger partial charge in [0.1, 0.15) is 0 Å². The van der Waals surface area contributed by atoms with E-state index in [-0.39, 0.29) is 11.0 Å². The van der Waals surface area contributed by atoms with Crippen LogP contribution in [-0.2, 0) is 6.42 Å². The molecular weight excluding hydrogens is 488 g/mol. The van der Waals surface area contributed by atoms with Crippen molar-refractivity contribution in [2.24, 2.45) is 0 Å². The Kier molecular flexibility index (Phi) is 6.49. The maximum Gasteiger partial charge on any atom is 0.210 e. The Morgan fingerprint density at radius 1 is 1.10 bits per heavy atom. The van der Waals surface area contributed by atoms with E-state index in [1.54, 1.807) is 11.3 Å². The molecule has 3 heterocycles. The SMILES string of the molecule is Nn1c(Cc2cccs2)nnc1SC(CC(=O)c1cccs1)c1ccc(Br)cc1. The lowest BCUT2D eigenvalue weighted by molar-refractivity contribution is 0.0986. The smallest absolute Gasteiger partial charge is 0.210 e. The quantitative estimate of drug-likeness (QED) is 0.192. The van der Waals surface area contributed by atoms with Gasteiger partial charge in [0.2, 0.25) is 5.16 Å². The van der Waals surface area contributed by atoms with Crippen LogP contribution in [0.4, 0.5) is 0 Å². The Bertz CT molecular complexity index is 1080. The van der Waals surface area contributed by atoms with E-state index in [4.69, 9.17) is 5.84 Å². The molecule has 0 aliphatic carbocycles. The summed E-state index contributed by atoms with van der Waals surface area (Å²) >= 11 is 8.07. The maximum absolute atomic E-state index is 12.8. The van der Waals surface area contributed by atoms with Crippen LogP contribution in [0.1, 0.15) is 37.6 Å². The largest absolute Gasteiger partial charge is 0.336 e. The van der Waals surface area contributed by atoms with E-state index in [9.17, 15) is 4.79 Å². The molecule has 1 unspecified atom stereocenters. The summed E-state index contributed by atoms with van der Waals surface area (Å²) in [5.74, 6) is 7.10. The van der Waals surface area contributed by atoms with E-state index >= 15 is 0 Å². The number of nitrogens with two attached hydrogens (primary N) is 1. The first kappa shape index (κ1) is 20.3. The van der Waals surface area contributed by atoms with Gasteiger partial charge in [-0.3, -0.25) is 4.79 Å². The predicted octanol–water partition coefficient (Wildman–Crippen LogP) is 5.57. The van der Waals surface area contributed by atoms with Crippen molar-refractivity contribution in [3.63, 3.8) is 0 Å². The molecular formula is C20H17BrN4OS3. The average Bonchev–Trinajstić information content (AvgIpc) is 3.48. The summed E-state index contributed by atoms with van der Waals surface area (Å²) in [5, 5.41) is 13.0. The van der Waals surface area contributed by atoms with Crippen LogP contribution in [0.25, 0.3) is 0 Å². The molecule has 0 spiro atoms. The Balaban J connectivity index is 1.57. The van der Waals surface area contributed by atoms with Gasteiger partial charge in [-0.05, 0) is 40.6 Å². The average molecular weight is 505 g/mol. The molecule has 0 aliphatic rings. The molecule has 0 fully saturated rings. The monoisotopic (exact) mass is 504 g/mol. The van der Waals surface area contributed by atoms with E-state index in [0.717, 1.165) is 14.9 Å². The van der Waals surface area contributed by atoms with Gasteiger partial charge in [0.15, 0.2) is 11.6 Å². The summed E-state index contributed by atoms with van der Waals surface area (Å²) in [7, 11) is 0. The van der Waals surface area contributed by atoms with Gasteiger partial charge in [-0.15, -0.1) is 32.9 Å². The van der Waals surface area contributed by atoms with Gasteiger partial charge < -0.3 is 5.84 Å². The van der Waals surface area contributed by atoms with Crippen LogP contribution in [-0.4, -0.2) is 20.7 Å². The molecule has 0 bridgehead atoms. The molecule has 0 aliphatic heterocycles. The van der Waals surface area contributed by atoms with Crippen LogP contribution < -0.4 is 5.84 Å². The Morgan fingerprint density at radius 2 is 1.86 bits per heavy atom. The minimum Gasteiger partial charge on any atom is -0.336 e. The summed E-state index contributed by atoms with van der Waals surface area (Å²) in [5.41, 5.74) is 1.05. The minimum absolute atomic E-state index is 0.112. The zero-order chi connectivity index (χ0) is 20.2. The third-order valence-corrected chi connectivity index (χ3v) is 7.83. The number of aromatic nitrogens is 3. The van der Waals surface area contributed by atoms with Gasteiger partial charge >= 0.3 is 0 Å². The van der Waals surface area contributed by atoms with Crippen LogP contribution in [0.2, 0.25) is 0 Å². The number of nitrogens with zero attached hydrogens (tertiary/aromatic N) is 3. The number of Topliss-reactive ketones (excluding diaryl/α,β-unsaturated/α-hetero) is 1. The molecule has 9 heteroatoms. The highest BCUT2D eigenvalue weighted by molar-refractivity contribution is 9.10. The highest BCUT2D eigenvalue weighted by Crippen LogP contribution is 2.38. The van der Waals surface area contributed by atoms with Crippen LogP contribution >= 0.6 is 50.4 Å². The lowest BCUT2D eigenvalue weighted by Gasteiger charge is -2.16. The first-order valence-corrected chi connectivity index (χ1v) is 12.2. The molecule has 1 aromatic carbocycles. The lowest BCUT2D eigenvalue weighted by atomic mass is 10.1. The number of benzene rings is 1. The summed E-state index contributed by atoms with van der Waals surface area (Å²) < 4.78 is 2.53. The van der Waals surface area contributed by atoms with Gasteiger partial charge in [0.05, 0.1) is 4.88 Å². The standard InChI is InChI=1S/C20H17BrN4OS3/c21-14-7-5-13(6-8-14)18(12-16(26)17-4-2-10-28-17)29-20-24-23-19(25(20)22)11-15-3-1-9-27-15/h1-10,18H,11-12,22H2. The molecule has 2 N–H and O–H groups in total. The minimum atomic E-state index is -0.112. The topological polar surface area (TPSA) is 73.8 Å². The number of thiophene rings is 2. The number of rotatable bonds is 8. The molecule has 5 nitrogen and oxygen atoms in total. The third kappa shape index (κ3) is 4.98. The van der Waals surface area contributed by atoms with Gasteiger partial charge in [0.25, 0.3) is 0 Å². The molecule has 148 valence electrons. The number of nitrogen functional groups attached to an aromatic ring is 1. The molecule has 3 aromatic heterocycles. The number of hydrogen-bond acceptors (Lipinski definition) is 7. The Hall–Kier alpha value is -1.94. The highest BCUT2D eigenvalue weighted by Gasteiger charge is 2.23. The van der Waals surface area contributed by atoms with Crippen molar-refractivity contribution in [2.45, 2.75) is 23.2 Å². The normalized spacial score (nSPS) is 12.2. The van der Waals surface area contributed by atoms with E-state index in [1.165, 1.54) is 32.7 Å². The first-order valence-electron chi connectivity index (χ1n) is 8.80. The second kappa shape index (κ2) is 9.25. The second-order valence-corrected chi connectivity index (χ2v) is 10.4. The zero-order valence-electron chi connectivity index (χ0n) is 15.2. The summed E-state index contributed by atoms with van der Waals surface area (Å²) in [6.07, 6.45) is 0.999. The molecule has 0 amide bonds. The van der Waals surface area contributed by atoms with E-state index in [0.29, 0.717) is 23.8 Å². The van der Waals surface area contributed by atoms with Crippen molar-refractivity contribution < 1.29 is 4.79 Å². The molecule has 4 aromatic rings. The second-order valence-electron chi connectivity index (χ2n) is 6.29. The number of ketones is 1. The van der Waals surface area contributed by atoms with E-state index in [1.807, 2.05) is 53.2 Å². The Labute approximate surface area is 189 Å². The summed E-state index contributed by atoms with van der Waals surface area (Å²) in [4.78, 5) is 14.7. The highest BCUT2D eigenvalue weighted by atomic mass is 79.9. The molecule has 0 radical (unpaired) electrons. The van der Waals surface area contributed by atoms with Crippen molar-refractivity contribution in [1.82, 2.24) is 14.9 Å². The number of halogens is 1. The number of thioether (sulfide) groups is 1. The number of hydrogen-bond donors (Lipinski definition) is 1. The van der Waals surface area contributed by atoms with Gasteiger partial charge in [0, 0.05) is 27.4 Å². The van der Waals surface area contributed by atoms with Crippen LogP contribution in [0, 0.1) is 0 Å². The summed E-state index contributed by atoms with van der Waals surface area (Å²) in [6, 6.07) is 15.8. The fourth-order valence-corrected chi connectivity index (χ4v) is 5.55. The van der Waals surface area contributed by atoms with Crippen LogP contribution in [0.5, 0.6) is 0 Å². The van der Waals surface area contributed by atoms with Crippen molar-refractivity contribution in [2.75, 3.05) is 5.84 Å². The van der Waals surface area contributed by atoms with E-state index in [2.05, 4.69) is 32.2 Å². The van der Waals surface area contributed by atoms with Crippen molar-refractivity contribution in [3.05, 3.63) is 84.9 Å². The van der Waals surface area contributed by atoms with Gasteiger partial charge in [-0.2, -0.15) is 0 Å². The van der Waals surface area contributed by atoms with Crippen molar-refractivity contribution in [3.8, 4) is 0 Å². The molecule has 0 saturated heterocycles. The van der Waals surface area contributed by atoms with Crippen molar-refractivity contribution >= 4 is 56.1 Å². The van der Waals surface area contributed by atoms with Crippen LogP contribution in [0.3, 0.4) is 0 Å². The molecule has 0 saturated carbocycles. The zero-order valence-corrected chi connectivity index (χ0v) is 19.2. The van der Waals surface area contributed by atoms with E-state index < -0.39 is 0 Å². The van der Waals surface area contributed by atoms with Gasteiger partial charge in [-0.25, -0.2) is 4.68 Å². The first-order chi connectivity index (χ1) is 14.1. The molecule has 29 heavy (non-hydrogen) atoms. The fourth-order valence-electron chi connectivity index (χ4n) is 2.82. The molecule has 4 rings (SSSR count). The van der Waals surface area contributed by atoms with Gasteiger partial charge in [-0.1, -0.05) is 52.0 Å². The molecule has 1 atom stereocenters.